The highest BCUT2D eigenvalue weighted by molar-refractivity contribution is 7.71. The molecule has 176 valence electrons. The van der Waals surface area contributed by atoms with Crippen molar-refractivity contribution < 1.29 is 14.4 Å². The van der Waals surface area contributed by atoms with E-state index in [2.05, 4.69) is 53.2 Å². The van der Waals surface area contributed by atoms with E-state index in [0.717, 1.165) is 46.4 Å². The topological polar surface area (TPSA) is 108 Å². The average Bonchev–Trinajstić information content (AvgIpc) is 3.50. The summed E-state index contributed by atoms with van der Waals surface area (Å²) in [6, 6.07) is 19.7. The number of aromatic nitrogens is 4. The van der Waals surface area contributed by atoms with Crippen molar-refractivity contribution in [3.05, 3.63) is 88.0 Å². The van der Waals surface area contributed by atoms with E-state index in [-0.39, 0.29) is 16.3 Å². The molecule has 0 radical (unpaired) electrons. The molecule has 8 heteroatoms. The fourth-order valence-electron chi connectivity index (χ4n) is 4.63. The van der Waals surface area contributed by atoms with Gasteiger partial charge in [0.1, 0.15) is 11.3 Å². The molecule has 5 aromatic rings. The predicted octanol–water partition coefficient (Wildman–Crippen LogP) is 6.74. The first kappa shape index (κ1) is 22.7. The van der Waals surface area contributed by atoms with Crippen LogP contribution in [0.2, 0.25) is 0 Å². The zero-order chi connectivity index (χ0) is 24.5. The molecular formula is C27H24N4O3S. The third-order valence-corrected chi connectivity index (χ3v) is 6.50. The van der Waals surface area contributed by atoms with Gasteiger partial charge in [0.15, 0.2) is 5.82 Å². The van der Waals surface area contributed by atoms with Gasteiger partial charge >= 0.3 is 10.8 Å². The van der Waals surface area contributed by atoms with E-state index in [4.69, 9.17) is 21.7 Å². The molecule has 5 rings (SSSR count). The molecule has 35 heavy (non-hydrogen) atoms. The van der Waals surface area contributed by atoms with E-state index in [0.29, 0.717) is 11.3 Å². The fourth-order valence-corrected chi connectivity index (χ4v) is 4.76. The summed E-state index contributed by atoms with van der Waals surface area (Å²) in [5.41, 5.74) is 6.80. The molecule has 0 spiro atoms. The molecule has 3 aromatic carbocycles. The van der Waals surface area contributed by atoms with Crippen LogP contribution in [0.15, 0.2) is 65.2 Å². The van der Waals surface area contributed by atoms with Crippen molar-refractivity contribution in [2.24, 2.45) is 0 Å². The van der Waals surface area contributed by atoms with Gasteiger partial charge in [0.05, 0.1) is 11.1 Å². The van der Waals surface area contributed by atoms with E-state index < -0.39 is 5.97 Å². The smallest absolute Gasteiger partial charge is 0.337 e. The quantitative estimate of drug-likeness (QED) is 0.221. The van der Waals surface area contributed by atoms with Gasteiger partial charge in [-0.25, -0.2) is 14.9 Å². The number of rotatable bonds is 7. The van der Waals surface area contributed by atoms with Gasteiger partial charge in [0, 0.05) is 11.5 Å². The number of hydrogen-bond donors (Lipinski definition) is 3. The molecular weight excluding hydrogens is 460 g/mol. The number of nitrogens with zero attached hydrogens (tertiary/aromatic N) is 2. The maximum Gasteiger partial charge on any atom is 0.337 e. The van der Waals surface area contributed by atoms with Crippen LogP contribution in [0.3, 0.4) is 0 Å². The van der Waals surface area contributed by atoms with E-state index in [1.807, 2.05) is 24.3 Å². The fraction of sp³-hybridized carbons (Fsp3) is 0.185. The number of H-pyrrole nitrogens is 2. The van der Waals surface area contributed by atoms with Crippen LogP contribution in [0.4, 0.5) is 0 Å². The Morgan fingerprint density at radius 1 is 1.03 bits per heavy atom. The van der Waals surface area contributed by atoms with Crippen molar-refractivity contribution in [2.75, 3.05) is 0 Å². The van der Waals surface area contributed by atoms with Crippen molar-refractivity contribution in [3.63, 3.8) is 0 Å². The normalized spacial score (nSPS) is 12.2. The first-order valence-corrected chi connectivity index (χ1v) is 11.9. The number of aromatic amines is 2. The Labute approximate surface area is 206 Å². The van der Waals surface area contributed by atoms with Crippen molar-refractivity contribution in [1.82, 2.24) is 20.1 Å². The van der Waals surface area contributed by atoms with Crippen LogP contribution in [-0.2, 0) is 6.42 Å². The number of carboxylic acids is 1. The van der Waals surface area contributed by atoms with Gasteiger partial charge in [-0.2, -0.15) is 4.98 Å². The molecule has 0 saturated heterocycles. The number of benzene rings is 3. The van der Waals surface area contributed by atoms with Crippen LogP contribution in [-0.4, -0.2) is 31.2 Å². The van der Waals surface area contributed by atoms with Crippen LogP contribution in [0.25, 0.3) is 33.5 Å². The lowest BCUT2D eigenvalue weighted by molar-refractivity contribution is 0.0699. The maximum atomic E-state index is 11.6. The highest BCUT2D eigenvalue weighted by Gasteiger charge is 2.21. The monoisotopic (exact) mass is 484 g/mol. The van der Waals surface area contributed by atoms with Crippen molar-refractivity contribution in [2.45, 2.75) is 32.6 Å². The van der Waals surface area contributed by atoms with Crippen LogP contribution in [0, 0.1) is 4.84 Å². The van der Waals surface area contributed by atoms with Gasteiger partial charge in [-0.3, -0.25) is 0 Å². The van der Waals surface area contributed by atoms with Crippen molar-refractivity contribution in [3.8, 4) is 22.5 Å². The summed E-state index contributed by atoms with van der Waals surface area (Å²) in [6.07, 6.45) is 1.66. The molecule has 2 heterocycles. The van der Waals surface area contributed by atoms with Crippen LogP contribution < -0.4 is 0 Å². The summed E-state index contributed by atoms with van der Waals surface area (Å²) in [4.78, 5) is 24.2. The summed E-state index contributed by atoms with van der Waals surface area (Å²) in [5.74, 6) is 0.386. The number of carboxylic acid groups (broad SMARTS) is 1. The molecule has 0 fully saturated rings. The molecule has 0 aliphatic carbocycles. The Bertz CT molecular complexity index is 1600. The third kappa shape index (κ3) is 4.17. The number of carbonyl (C=O) groups is 1. The number of imidazole rings is 1. The highest BCUT2D eigenvalue weighted by atomic mass is 32.1. The molecule has 7 nitrogen and oxygen atoms in total. The molecule has 2 aromatic heterocycles. The number of aryl methyl sites for hydroxylation is 1. The Morgan fingerprint density at radius 2 is 1.83 bits per heavy atom. The van der Waals surface area contributed by atoms with Crippen molar-refractivity contribution >= 4 is 29.2 Å². The average molecular weight is 485 g/mol. The largest absolute Gasteiger partial charge is 0.478 e. The number of aromatic carboxylic acids is 1. The van der Waals surface area contributed by atoms with E-state index in [9.17, 15) is 9.90 Å². The Balaban J connectivity index is 1.59. The SMILES string of the molecule is CCc1cc(C(CC)c2nc3c(C(=O)O)cccc3[nH]2)ccc1-c1ccccc1-c1nc(=S)o[nH]1. The first-order valence-electron chi connectivity index (χ1n) is 11.5. The van der Waals surface area contributed by atoms with Crippen LogP contribution in [0.1, 0.15) is 53.5 Å². The molecule has 3 N–H and O–H groups in total. The minimum absolute atomic E-state index is 0.00489. The van der Waals surface area contributed by atoms with Gasteiger partial charge < -0.3 is 14.6 Å². The predicted molar refractivity (Wildman–Crippen MR) is 137 cm³/mol. The van der Waals surface area contributed by atoms with Gasteiger partial charge in [0.25, 0.3) is 0 Å². The number of nitrogens with one attached hydrogen (secondary N) is 2. The molecule has 1 unspecified atom stereocenters. The lowest BCUT2D eigenvalue weighted by atomic mass is 9.88. The first-order chi connectivity index (χ1) is 17.0. The Morgan fingerprint density at radius 3 is 2.51 bits per heavy atom. The van der Waals surface area contributed by atoms with Crippen LogP contribution in [0.5, 0.6) is 0 Å². The standard InChI is InChI=1S/C27H24N4O3S/c1-3-15-14-16(17(4-2)24-28-22-11-7-10-21(26(32)33)23(22)29-24)12-13-18(15)19-8-5-6-9-20(19)25-30-27(35)34-31-25/h5-14,17H,3-4H2,1-2H3,(H,28,29)(H,32,33)(H,30,31,35). The Hall–Kier alpha value is -4.04. The third-order valence-electron chi connectivity index (χ3n) is 6.32. The summed E-state index contributed by atoms with van der Waals surface area (Å²) in [5, 5.41) is 12.4. The lowest BCUT2D eigenvalue weighted by Crippen LogP contribution is -2.04. The molecule has 0 saturated carbocycles. The van der Waals surface area contributed by atoms with Crippen LogP contribution >= 0.6 is 12.2 Å². The number of para-hydroxylation sites is 1. The summed E-state index contributed by atoms with van der Waals surface area (Å²) in [7, 11) is 0. The second-order valence-corrected chi connectivity index (χ2v) is 8.69. The minimum Gasteiger partial charge on any atom is -0.478 e. The van der Waals surface area contributed by atoms with E-state index in [1.165, 1.54) is 5.56 Å². The van der Waals surface area contributed by atoms with E-state index >= 15 is 0 Å². The summed E-state index contributed by atoms with van der Waals surface area (Å²) in [6.45, 7) is 4.24. The molecule has 0 bridgehead atoms. The van der Waals surface area contributed by atoms with Gasteiger partial charge in [-0.1, -0.05) is 62.4 Å². The van der Waals surface area contributed by atoms with Gasteiger partial charge in [-0.05, 0) is 59.4 Å². The van der Waals surface area contributed by atoms with Gasteiger partial charge in [-0.15, -0.1) is 0 Å². The second kappa shape index (κ2) is 9.31. The summed E-state index contributed by atoms with van der Waals surface area (Å²) < 4.78 is 5.16. The number of hydrogen-bond acceptors (Lipinski definition) is 5. The minimum atomic E-state index is -0.981. The lowest BCUT2D eigenvalue weighted by Gasteiger charge is -2.17. The zero-order valence-electron chi connectivity index (χ0n) is 19.3. The Kier molecular flexibility index (Phi) is 6.05. The molecule has 0 aliphatic heterocycles. The van der Waals surface area contributed by atoms with E-state index in [1.54, 1.807) is 12.1 Å². The molecule has 1 atom stereocenters. The number of fused-ring (bicyclic) bond motifs is 1. The van der Waals surface area contributed by atoms with Gasteiger partial charge in [0.2, 0.25) is 0 Å². The summed E-state index contributed by atoms with van der Waals surface area (Å²) >= 11 is 5.04. The zero-order valence-corrected chi connectivity index (χ0v) is 20.1. The second-order valence-electron chi connectivity index (χ2n) is 8.34. The highest BCUT2D eigenvalue weighted by Crippen LogP contribution is 2.36. The maximum absolute atomic E-state index is 11.6. The molecule has 0 amide bonds. The molecule has 0 aliphatic rings. The van der Waals surface area contributed by atoms with Crippen molar-refractivity contribution in [1.29, 1.82) is 0 Å².